The fraction of sp³-hybridized carbons (Fsp3) is 0.200. The van der Waals surface area contributed by atoms with Gasteiger partial charge in [-0.2, -0.15) is 0 Å². The van der Waals surface area contributed by atoms with Gasteiger partial charge >= 0.3 is 0 Å². The van der Waals surface area contributed by atoms with Gasteiger partial charge in [-0.15, -0.1) is 0 Å². The summed E-state index contributed by atoms with van der Waals surface area (Å²) in [6, 6.07) is 21.0. The zero-order valence-corrected chi connectivity index (χ0v) is 17.4. The molecule has 0 atom stereocenters. The van der Waals surface area contributed by atoms with Crippen LogP contribution in [0.1, 0.15) is 31.7 Å². The van der Waals surface area contributed by atoms with Gasteiger partial charge in [0.05, 0.1) is 17.1 Å². The Morgan fingerprint density at radius 1 is 1.00 bits per heavy atom. The lowest BCUT2D eigenvalue weighted by atomic mass is 9.66. The number of imidazole rings is 1. The molecule has 1 N–H and O–H groups in total. The van der Waals surface area contributed by atoms with E-state index in [-0.39, 0.29) is 0 Å². The van der Waals surface area contributed by atoms with Crippen molar-refractivity contribution in [2.24, 2.45) is 0 Å². The maximum absolute atomic E-state index is 6.75. The van der Waals surface area contributed by atoms with Crippen molar-refractivity contribution >= 4 is 23.1 Å². The Kier molecular flexibility index (Phi) is 3.81. The molecule has 3 heterocycles. The average molecular weight is 413 g/mol. The third-order valence-corrected chi connectivity index (χ3v) is 6.86. The van der Waals surface area contributed by atoms with Crippen LogP contribution < -0.4 is 5.32 Å². The molecule has 6 rings (SSSR count). The largest absolute Gasteiger partial charge is 0.338 e. The van der Waals surface area contributed by atoms with E-state index in [0.717, 1.165) is 39.8 Å². The monoisotopic (exact) mass is 412 g/mol. The molecule has 2 aliphatic rings. The van der Waals surface area contributed by atoms with Crippen molar-refractivity contribution in [3.63, 3.8) is 0 Å². The van der Waals surface area contributed by atoms with Crippen molar-refractivity contribution in [3.8, 4) is 28.3 Å². The molecule has 5 heteroatoms. The summed E-state index contributed by atoms with van der Waals surface area (Å²) in [5.74, 6) is 1.61. The number of nitrogens with one attached hydrogen (secondary N) is 1. The van der Waals surface area contributed by atoms with Crippen LogP contribution in [-0.2, 0) is 5.41 Å². The third kappa shape index (κ3) is 2.53. The first-order valence-electron chi connectivity index (χ1n) is 10.3. The average Bonchev–Trinajstić information content (AvgIpc) is 3.03. The number of aromatic nitrogens is 3. The minimum Gasteiger partial charge on any atom is -0.338 e. The van der Waals surface area contributed by atoms with Crippen LogP contribution in [-0.4, -0.2) is 14.5 Å². The molecule has 30 heavy (non-hydrogen) atoms. The van der Waals surface area contributed by atoms with Crippen LogP contribution in [0.15, 0.2) is 66.9 Å². The molecule has 0 amide bonds. The standard InChI is InChI=1S/C25H21ClN4/c1-25(13-5-14-25)17-11-9-16(10-12-17)21-22(26)29-24-18-6-2-3-7-19(18)28-23-20(30(21)24)8-4-15-27-23/h2-4,6-12,15H,5,13-14H2,1H3,(H,27,28). The fourth-order valence-electron chi connectivity index (χ4n) is 4.67. The number of pyridine rings is 1. The SMILES string of the molecule is CC1(c2ccc(-c3c(Cl)nc4n3-c3cccnc3Nc3ccccc3-4)cc2)CCC1. The van der Waals surface area contributed by atoms with Gasteiger partial charge in [0.1, 0.15) is 5.82 Å². The predicted molar refractivity (Wildman–Crippen MR) is 122 cm³/mol. The normalized spacial score (nSPS) is 15.8. The fourth-order valence-corrected chi connectivity index (χ4v) is 4.95. The Labute approximate surface area is 180 Å². The molecule has 1 fully saturated rings. The van der Waals surface area contributed by atoms with Gasteiger partial charge in [0, 0.05) is 17.3 Å². The molecule has 0 bridgehead atoms. The number of hydrogen-bond donors (Lipinski definition) is 1. The lowest BCUT2D eigenvalue weighted by Crippen LogP contribution is -2.30. The van der Waals surface area contributed by atoms with Crippen LogP contribution in [0.3, 0.4) is 0 Å². The van der Waals surface area contributed by atoms with Gasteiger partial charge in [-0.05, 0) is 48.1 Å². The van der Waals surface area contributed by atoms with Crippen molar-refractivity contribution < 1.29 is 0 Å². The van der Waals surface area contributed by atoms with E-state index in [4.69, 9.17) is 16.6 Å². The van der Waals surface area contributed by atoms with E-state index in [1.165, 1.54) is 24.8 Å². The first-order valence-corrected chi connectivity index (χ1v) is 10.7. The summed E-state index contributed by atoms with van der Waals surface area (Å²) in [6.07, 6.45) is 5.63. The summed E-state index contributed by atoms with van der Waals surface area (Å²) in [7, 11) is 0. The van der Waals surface area contributed by atoms with Gasteiger partial charge in [0.15, 0.2) is 11.0 Å². The molecule has 0 unspecified atom stereocenters. The highest BCUT2D eigenvalue weighted by molar-refractivity contribution is 6.32. The van der Waals surface area contributed by atoms with E-state index in [0.29, 0.717) is 10.6 Å². The molecule has 0 saturated heterocycles. The summed E-state index contributed by atoms with van der Waals surface area (Å²) in [6.45, 7) is 2.36. The number of hydrogen-bond acceptors (Lipinski definition) is 3. The topological polar surface area (TPSA) is 42.7 Å². The van der Waals surface area contributed by atoms with E-state index < -0.39 is 0 Å². The Hall–Kier alpha value is -3.11. The highest BCUT2D eigenvalue weighted by Gasteiger charge is 2.33. The van der Waals surface area contributed by atoms with E-state index >= 15 is 0 Å². The molecular formula is C25H21ClN4. The summed E-state index contributed by atoms with van der Waals surface area (Å²) < 4.78 is 2.13. The second-order valence-corrected chi connectivity index (χ2v) is 8.80. The second-order valence-electron chi connectivity index (χ2n) is 8.44. The van der Waals surface area contributed by atoms with Gasteiger partial charge in [-0.25, -0.2) is 9.97 Å². The molecule has 1 aliphatic carbocycles. The van der Waals surface area contributed by atoms with Gasteiger partial charge in [0.2, 0.25) is 0 Å². The molecular weight excluding hydrogens is 392 g/mol. The van der Waals surface area contributed by atoms with Gasteiger partial charge in [-0.1, -0.05) is 61.3 Å². The van der Waals surface area contributed by atoms with Crippen LogP contribution in [0.25, 0.3) is 28.3 Å². The smallest absolute Gasteiger partial charge is 0.156 e. The maximum atomic E-state index is 6.75. The molecule has 0 spiro atoms. The number of nitrogens with zero attached hydrogens (tertiary/aromatic N) is 3. The van der Waals surface area contributed by atoms with Crippen molar-refractivity contribution in [2.45, 2.75) is 31.6 Å². The highest BCUT2D eigenvalue weighted by Crippen LogP contribution is 2.45. The Bertz CT molecular complexity index is 1270. The van der Waals surface area contributed by atoms with Gasteiger partial charge in [-0.3, -0.25) is 4.57 Å². The van der Waals surface area contributed by atoms with Crippen LogP contribution in [0.4, 0.5) is 11.5 Å². The van der Waals surface area contributed by atoms with Gasteiger partial charge in [0.25, 0.3) is 0 Å². The highest BCUT2D eigenvalue weighted by atomic mass is 35.5. The molecule has 2 aromatic heterocycles. The number of fused-ring (bicyclic) bond motifs is 5. The lowest BCUT2D eigenvalue weighted by molar-refractivity contribution is 0.272. The minimum atomic E-state index is 0.316. The lowest BCUT2D eigenvalue weighted by Gasteiger charge is -2.39. The Balaban J connectivity index is 1.58. The van der Waals surface area contributed by atoms with Crippen LogP contribution >= 0.6 is 11.6 Å². The van der Waals surface area contributed by atoms with E-state index in [2.05, 4.69) is 58.2 Å². The van der Waals surface area contributed by atoms with Crippen LogP contribution in [0.5, 0.6) is 0 Å². The predicted octanol–water partition coefficient (Wildman–Crippen LogP) is 6.75. The molecule has 4 nitrogen and oxygen atoms in total. The number of anilines is 2. The first-order chi connectivity index (χ1) is 14.6. The number of halogens is 1. The van der Waals surface area contributed by atoms with Crippen molar-refractivity contribution in [1.82, 2.24) is 14.5 Å². The summed E-state index contributed by atoms with van der Waals surface area (Å²) in [4.78, 5) is 9.37. The summed E-state index contributed by atoms with van der Waals surface area (Å²) in [5, 5.41) is 3.96. The number of para-hydroxylation sites is 1. The minimum absolute atomic E-state index is 0.316. The molecule has 148 valence electrons. The van der Waals surface area contributed by atoms with Crippen LogP contribution in [0, 0.1) is 0 Å². The molecule has 1 saturated carbocycles. The Morgan fingerprint density at radius 3 is 2.57 bits per heavy atom. The third-order valence-electron chi connectivity index (χ3n) is 6.60. The van der Waals surface area contributed by atoms with Gasteiger partial charge < -0.3 is 5.32 Å². The van der Waals surface area contributed by atoms with Crippen LogP contribution in [0.2, 0.25) is 5.15 Å². The van der Waals surface area contributed by atoms with E-state index in [9.17, 15) is 0 Å². The molecule has 2 aromatic carbocycles. The second kappa shape index (κ2) is 6.44. The van der Waals surface area contributed by atoms with Crippen molar-refractivity contribution in [2.75, 3.05) is 5.32 Å². The maximum Gasteiger partial charge on any atom is 0.156 e. The number of benzene rings is 2. The summed E-state index contributed by atoms with van der Waals surface area (Å²) >= 11 is 6.75. The molecule has 0 radical (unpaired) electrons. The number of rotatable bonds is 2. The zero-order chi connectivity index (χ0) is 20.3. The zero-order valence-electron chi connectivity index (χ0n) is 16.7. The summed E-state index contributed by atoms with van der Waals surface area (Å²) in [5.41, 5.74) is 6.58. The van der Waals surface area contributed by atoms with E-state index in [1.807, 2.05) is 24.3 Å². The quantitative estimate of drug-likeness (QED) is 0.348. The molecule has 4 aromatic rings. The van der Waals surface area contributed by atoms with Crippen molar-refractivity contribution in [3.05, 3.63) is 77.6 Å². The Morgan fingerprint density at radius 2 is 1.80 bits per heavy atom. The van der Waals surface area contributed by atoms with E-state index in [1.54, 1.807) is 6.20 Å². The van der Waals surface area contributed by atoms with Crippen molar-refractivity contribution in [1.29, 1.82) is 0 Å². The molecule has 1 aliphatic heterocycles. The first kappa shape index (κ1) is 17.7.